The van der Waals surface area contributed by atoms with Crippen LogP contribution in [-0.4, -0.2) is 31.4 Å². The van der Waals surface area contributed by atoms with Crippen molar-refractivity contribution in [3.8, 4) is 5.69 Å². The summed E-state index contributed by atoms with van der Waals surface area (Å²) in [5.74, 6) is 0.893. The fraction of sp³-hybridized carbons (Fsp3) is 0.273. The molecule has 1 amide bonds. The zero-order valence-electron chi connectivity index (χ0n) is 9.85. The number of primary amides is 1. The molecule has 6 nitrogen and oxygen atoms in total. The number of hydrogen-bond donors (Lipinski definition) is 1. The van der Waals surface area contributed by atoms with Crippen molar-refractivity contribution in [2.75, 3.05) is 0 Å². The largest absolute Gasteiger partial charge is 0.369 e. The van der Waals surface area contributed by atoms with Gasteiger partial charge in [-0.3, -0.25) is 4.79 Å². The van der Waals surface area contributed by atoms with Gasteiger partial charge in [0, 0.05) is 0 Å². The van der Waals surface area contributed by atoms with Crippen LogP contribution in [0.4, 0.5) is 0 Å². The summed E-state index contributed by atoms with van der Waals surface area (Å²) in [6.45, 7) is 1.77. The van der Waals surface area contributed by atoms with Crippen LogP contribution in [0.15, 0.2) is 30.3 Å². The van der Waals surface area contributed by atoms with E-state index in [1.807, 2.05) is 30.3 Å². The molecule has 0 aliphatic heterocycles. The first-order valence-corrected chi connectivity index (χ1v) is 6.47. The molecule has 1 heterocycles. The molecule has 0 spiro atoms. The van der Waals surface area contributed by atoms with Crippen molar-refractivity contribution in [3.05, 3.63) is 36.2 Å². The topological polar surface area (TPSA) is 86.7 Å². The number of hydrogen-bond acceptors (Lipinski definition) is 5. The number of amides is 1. The molecule has 0 radical (unpaired) electrons. The number of carbonyl (C=O) groups excluding carboxylic acids is 1. The van der Waals surface area contributed by atoms with Crippen molar-refractivity contribution in [3.63, 3.8) is 0 Å². The SMILES string of the molecule is C[C@H](SCc1nnnn1-c1ccccc1)C(N)=O. The highest BCUT2D eigenvalue weighted by Crippen LogP contribution is 2.17. The van der Waals surface area contributed by atoms with E-state index in [9.17, 15) is 4.79 Å². The van der Waals surface area contributed by atoms with E-state index < -0.39 is 0 Å². The molecule has 2 aromatic rings. The highest BCUT2D eigenvalue weighted by atomic mass is 32.2. The second-order valence-corrected chi connectivity index (χ2v) is 5.03. The summed E-state index contributed by atoms with van der Waals surface area (Å²) < 4.78 is 1.65. The highest BCUT2D eigenvalue weighted by molar-refractivity contribution is 7.99. The van der Waals surface area contributed by atoms with Crippen LogP contribution in [0.25, 0.3) is 5.69 Å². The van der Waals surface area contributed by atoms with Crippen LogP contribution >= 0.6 is 11.8 Å². The van der Waals surface area contributed by atoms with Gasteiger partial charge in [0.25, 0.3) is 0 Å². The number of benzene rings is 1. The van der Waals surface area contributed by atoms with Gasteiger partial charge in [0.05, 0.1) is 16.7 Å². The van der Waals surface area contributed by atoms with Crippen LogP contribution in [-0.2, 0) is 10.5 Å². The van der Waals surface area contributed by atoms with Gasteiger partial charge in [0.15, 0.2) is 5.82 Å². The van der Waals surface area contributed by atoms with Crippen molar-refractivity contribution in [1.82, 2.24) is 20.2 Å². The third-order valence-corrected chi connectivity index (χ3v) is 3.56. The van der Waals surface area contributed by atoms with E-state index in [1.165, 1.54) is 11.8 Å². The lowest BCUT2D eigenvalue weighted by atomic mass is 10.3. The summed E-state index contributed by atoms with van der Waals surface area (Å²) in [5, 5.41) is 11.3. The third kappa shape index (κ3) is 2.86. The van der Waals surface area contributed by atoms with Gasteiger partial charge < -0.3 is 5.73 Å². The number of nitrogens with two attached hydrogens (primary N) is 1. The molecule has 0 aliphatic rings. The Morgan fingerprint density at radius 2 is 2.17 bits per heavy atom. The van der Waals surface area contributed by atoms with Crippen LogP contribution in [0, 0.1) is 0 Å². The second-order valence-electron chi connectivity index (χ2n) is 3.70. The van der Waals surface area contributed by atoms with Crippen molar-refractivity contribution >= 4 is 17.7 Å². The summed E-state index contributed by atoms with van der Waals surface area (Å²) in [6.07, 6.45) is 0. The quantitative estimate of drug-likeness (QED) is 0.861. The molecular formula is C11H13N5OS. The maximum absolute atomic E-state index is 11.0. The third-order valence-electron chi connectivity index (χ3n) is 2.40. The van der Waals surface area contributed by atoms with Gasteiger partial charge >= 0.3 is 0 Å². The van der Waals surface area contributed by atoms with Gasteiger partial charge in [-0.2, -0.15) is 4.68 Å². The smallest absolute Gasteiger partial charge is 0.230 e. The first kappa shape index (κ1) is 12.6. The molecule has 18 heavy (non-hydrogen) atoms. The minimum Gasteiger partial charge on any atom is -0.369 e. The number of thioether (sulfide) groups is 1. The molecule has 0 unspecified atom stereocenters. The van der Waals surface area contributed by atoms with Crippen LogP contribution in [0.5, 0.6) is 0 Å². The average Bonchev–Trinajstić information content (AvgIpc) is 2.85. The van der Waals surface area contributed by atoms with Crippen LogP contribution < -0.4 is 5.73 Å². The number of tetrazole rings is 1. The number of carbonyl (C=O) groups is 1. The molecule has 0 saturated heterocycles. The van der Waals surface area contributed by atoms with E-state index in [1.54, 1.807) is 11.6 Å². The monoisotopic (exact) mass is 263 g/mol. The highest BCUT2D eigenvalue weighted by Gasteiger charge is 2.13. The predicted octanol–water partition coefficient (Wildman–Crippen LogP) is 0.769. The average molecular weight is 263 g/mol. The Bertz CT molecular complexity index is 527. The molecule has 7 heteroatoms. The Hall–Kier alpha value is -1.89. The Balaban J connectivity index is 2.12. The molecule has 1 aromatic carbocycles. The Labute approximate surface area is 109 Å². The molecular weight excluding hydrogens is 250 g/mol. The molecule has 2 rings (SSSR count). The minimum absolute atomic E-state index is 0.258. The standard InChI is InChI=1S/C11H13N5OS/c1-8(11(12)17)18-7-10-13-14-15-16(10)9-5-3-2-4-6-9/h2-6,8H,7H2,1H3,(H2,12,17)/t8-/m0/s1. The number of aromatic nitrogens is 4. The zero-order chi connectivity index (χ0) is 13.0. The lowest BCUT2D eigenvalue weighted by molar-refractivity contribution is -0.117. The van der Waals surface area contributed by atoms with Crippen molar-refractivity contribution in [2.24, 2.45) is 5.73 Å². The van der Waals surface area contributed by atoms with Gasteiger partial charge in [0.1, 0.15) is 0 Å². The van der Waals surface area contributed by atoms with Crippen LogP contribution in [0.3, 0.4) is 0 Å². The summed E-state index contributed by atoms with van der Waals surface area (Å²) in [6, 6.07) is 9.60. The molecule has 1 atom stereocenters. The van der Waals surface area contributed by atoms with Crippen molar-refractivity contribution in [1.29, 1.82) is 0 Å². The zero-order valence-corrected chi connectivity index (χ0v) is 10.7. The van der Waals surface area contributed by atoms with E-state index in [-0.39, 0.29) is 11.2 Å². The summed E-state index contributed by atoms with van der Waals surface area (Å²) in [5.41, 5.74) is 6.10. The Morgan fingerprint density at radius 3 is 2.83 bits per heavy atom. The molecule has 2 N–H and O–H groups in total. The van der Waals surface area contributed by atoms with Crippen molar-refractivity contribution in [2.45, 2.75) is 17.9 Å². The van der Waals surface area contributed by atoms with E-state index in [0.29, 0.717) is 11.6 Å². The van der Waals surface area contributed by atoms with E-state index in [2.05, 4.69) is 15.5 Å². The van der Waals surface area contributed by atoms with Crippen LogP contribution in [0.1, 0.15) is 12.7 Å². The minimum atomic E-state index is -0.335. The Kier molecular flexibility index (Phi) is 3.93. The lowest BCUT2D eigenvalue weighted by Gasteiger charge is -2.07. The first-order valence-electron chi connectivity index (χ1n) is 5.42. The van der Waals surface area contributed by atoms with Gasteiger partial charge in [-0.1, -0.05) is 18.2 Å². The fourth-order valence-electron chi connectivity index (χ4n) is 1.35. The number of rotatable bonds is 5. The predicted molar refractivity (Wildman–Crippen MR) is 69.1 cm³/mol. The van der Waals surface area contributed by atoms with Gasteiger partial charge in [-0.05, 0) is 29.5 Å². The normalized spacial score (nSPS) is 12.3. The molecule has 0 bridgehead atoms. The van der Waals surface area contributed by atoms with E-state index in [0.717, 1.165) is 5.69 Å². The van der Waals surface area contributed by atoms with Gasteiger partial charge in [0.2, 0.25) is 5.91 Å². The summed E-state index contributed by atoms with van der Waals surface area (Å²) in [4.78, 5) is 11.0. The molecule has 0 aliphatic carbocycles. The second kappa shape index (κ2) is 5.63. The summed E-state index contributed by atoms with van der Waals surface area (Å²) >= 11 is 1.41. The number of para-hydroxylation sites is 1. The summed E-state index contributed by atoms with van der Waals surface area (Å²) in [7, 11) is 0. The lowest BCUT2D eigenvalue weighted by Crippen LogP contribution is -2.22. The molecule has 94 valence electrons. The van der Waals surface area contributed by atoms with Gasteiger partial charge in [-0.15, -0.1) is 16.9 Å². The maximum atomic E-state index is 11.0. The molecule has 0 saturated carbocycles. The first-order chi connectivity index (χ1) is 8.68. The maximum Gasteiger partial charge on any atom is 0.230 e. The van der Waals surface area contributed by atoms with Gasteiger partial charge in [-0.25, -0.2) is 0 Å². The Morgan fingerprint density at radius 1 is 1.44 bits per heavy atom. The van der Waals surface area contributed by atoms with E-state index in [4.69, 9.17) is 5.73 Å². The van der Waals surface area contributed by atoms with E-state index >= 15 is 0 Å². The molecule has 0 fully saturated rings. The number of nitrogens with zero attached hydrogens (tertiary/aromatic N) is 4. The van der Waals surface area contributed by atoms with Crippen LogP contribution in [0.2, 0.25) is 0 Å². The fourth-order valence-corrected chi connectivity index (χ4v) is 2.09. The molecule has 1 aromatic heterocycles. The van der Waals surface area contributed by atoms with Crippen molar-refractivity contribution < 1.29 is 4.79 Å².